The van der Waals surface area contributed by atoms with E-state index in [2.05, 4.69) is 66.7 Å². The highest BCUT2D eigenvalue weighted by Crippen LogP contribution is 2.41. The van der Waals surface area contributed by atoms with Gasteiger partial charge in [0.15, 0.2) is 0 Å². The minimum absolute atomic E-state index is 0.0642. The maximum Gasteiger partial charge on any atom is 0.243 e. The first kappa shape index (κ1) is 27.6. The fourth-order valence-electron chi connectivity index (χ4n) is 5.76. The van der Waals surface area contributed by atoms with E-state index < -0.39 is 0 Å². The molecular formula is C33H32N9O2-. The standard InChI is InChI=1S/C33H32N9O2/c1-20-16-29(43)42(19-30(44)40(2)3)37-31(20)24-14-15-27-28(17-24)41(33(34-27)23-12-13-23)18-21-8-10-22(11-9-21)25-6-4-5-7-26(25)32-35-38-39-36-32/h4-11,14-15,17,20,23H,12-13,16,18-19H2,1-3H3/q-1. The number of likely N-dealkylation sites (N-methyl/N-ethyl adjacent to an activating group) is 1. The molecule has 222 valence electrons. The number of rotatable bonds is 8. The van der Waals surface area contributed by atoms with Gasteiger partial charge < -0.3 is 14.6 Å². The van der Waals surface area contributed by atoms with Gasteiger partial charge in [0.05, 0.1) is 16.7 Å². The lowest BCUT2D eigenvalue weighted by atomic mass is 9.93. The average Bonchev–Trinajstić information content (AvgIpc) is 3.60. The van der Waals surface area contributed by atoms with Gasteiger partial charge in [0, 0.05) is 50.3 Å². The molecule has 0 N–H and O–H groups in total. The topological polar surface area (TPSA) is 124 Å². The number of hydrogen-bond acceptors (Lipinski definition) is 7. The van der Waals surface area contributed by atoms with Crippen LogP contribution in [0.4, 0.5) is 0 Å². The number of fused-ring (bicyclic) bond motifs is 1. The predicted octanol–water partition coefficient (Wildman–Crippen LogP) is 4.10. The van der Waals surface area contributed by atoms with Crippen LogP contribution in [-0.4, -0.2) is 73.2 Å². The third-order valence-electron chi connectivity index (χ3n) is 8.36. The molecule has 0 spiro atoms. The molecule has 3 heterocycles. The second-order valence-electron chi connectivity index (χ2n) is 11.8. The van der Waals surface area contributed by atoms with Crippen LogP contribution in [-0.2, 0) is 16.1 Å². The Balaban J connectivity index is 1.22. The molecule has 1 saturated carbocycles. The lowest BCUT2D eigenvalue weighted by Gasteiger charge is -2.28. The summed E-state index contributed by atoms with van der Waals surface area (Å²) in [5.41, 5.74) is 7.86. The molecule has 1 aliphatic carbocycles. The van der Waals surface area contributed by atoms with Gasteiger partial charge in [0.2, 0.25) is 11.8 Å². The lowest BCUT2D eigenvalue weighted by Crippen LogP contribution is -2.42. The summed E-state index contributed by atoms with van der Waals surface area (Å²) < 4.78 is 2.32. The largest absolute Gasteiger partial charge is 0.347 e. The van der Waals surface area contributed by atoms with Gasteiger partial charge in [-0.2, -0.15) is 10.3 Å². The number of carbonyl (C=O) groups excluding carboxylic acids is 2. The van der Waals surface area contributed by atoms with E-state index in [1.807, 2.05) is 37.3 Å². The van der Waals surface area contributed by atoms with E-state index in [4.69, 9.17) is 4.98 Å². The monoisotopic (exact) mass is 586 g/mol. The van der Waals surface area contributed by atoms with Gasteiger partial charge in [0.1, 0.15) is 12.4 Å². The summed E-state index contributed by atoms with van der Waals surface area (Å²) in [6, 6.07) is 22.8. The molecular weight excluding hydrogens is 554 g/mol. The predicted molar refractivity (Wildman–Crippen MR) is 166 cm³/mol. The number of tetrazole rings is 1. The van der Waals surface area contributed by atoms with Crippen molar-refractivity contribution in [1.82, 2.24) is 40.1 Å². The first-order chi connectivity index (χ1) is 21.4. The van der Waals surface area contributed by atoms with E-state index in [0.29, 0.717) is 24.7 Å². The summed E-state index contributed by atoms with van der Waals surface area (Å²) in [6.07, 6.45) is 2.59. The van der Waals surface area contributed by atoms with Crippen LogP contribution in [0.2, 0.25) is 0 Å². The molecule has 2 amide bonds. The first-order valence-corrected chi connectivity index (χ1v) is 14.8. The number of amides is 2. The molecule has 1 fully saturated rings. The SMILES string of the molecule is CC1CC(=O)N(CC(=O)N(C)C)N=C1c1ccc2nc(C3CC3)n(Cc3ccc(-c4ccccc4-c4nnn[n-]4)cc3)c2c1. The van der Waals surface area contributed by atoms with Gasteiger partial charge in [0.25, 0.3) is 0 Å². The zero-order valence-corrected chi connectivity index (χ0v) is 24.9. The molecule has 1 aliphatic heterocycles. The van der Waals surface area contributed by atoms with Gasteiger partial charge >= 0.3 is 0 Å². The summed E-state index contributed by atoms with van der Waals surface area (Å²) in [7, 11) is 3.36. The van der Waals surface area contributed by atoms with E-state index in [0.717, 1.165) is 63.2 Å². The second-order valence-corrected chi connectivity index (χ2v) is 11.8. The third-order valence-corrected chi connectivity index (χ3v) is 8.36. The maximum atomic E-state index is 12.7. The molecule has 7 rings (SSSR count). The Hall–Kier alpha value is -5.19. The van der Waals surface area contributed by atoms with Gasteiger partial charge in [-0.15, -0.1) is 0 Å². The lowest BCUT2D eigenvalue weighted by molar-refractivity contribution is -0.140. The van der Waals surface area contributed by atoms with Gasteiger partial charge in [-0.1, -0.05) is 61.5 Å². The van der Waals surface area contributed by atoms with Crippen LogP contribution in [0.1, 0.15) is 49.1 Å². The summed E-state index contributed by atoms with van der Waals surface area (Å²) in [4.78, 5) is 31.6. The average molecular weight is 587 g/mol. The van der Waals surface area contributed by atoms with Gasteiger partial charge in [-0.3, -0.25) is 19.9 Å². The molecule has 11 nitrogen and oxygen atoms in total. The van der Waals surface area contributed by atoms with Crippen LogP contribution >= 0.6 is 0 Å². The number of imidazole rings is 1. The molecule has 0 saturated heterocycles. The fourth-order valence-corrected chi connectivity index (χ4v) is 5.76. The molecule has 3 aromatic carbocycles. The number of hydrogen-bond donors (Lipinski definition) is 0. The van der Waals surface area contributed by atoms with Crippen LogP contribution in [0.5, 0.6) is 0 Å². The molecule has 44 heavy (non-hydrogen) atoms. The molecule has 2 aromatic heterocycles. The number of benzene rings is 3. The number of hydrazone groups is 1. The summed E-state index contributed by atoms with van der Waals surface area (Å²) in [5.74, 6) is 1.70. The van der Waals surface area contributed by atoms with Crippen LogP contribution in [0, 0.1) is 5.92 Å². The zero-order valence-electron chi connectivity index (χ0n) is 24.9. The Morgan fingerprint density at radius 1 is 1.00 bits per heavy atom. The van der Waals surface area contributed by atoms with Crippen molar-refractivity contribution < 1.29 is 9.59 Å². The van der Waals surface area contributed by atoms with Crippen LogP contribution in [0.25, 0.3) is 33.5 Å². The van der Waals surface area contributed by atoms with Crippen LogP contribution in [0.15, 0.2) is 71.8 Å². The molecule has 0 bridgehead atoms. The van der Waals surface area contributed by atoms with E-state index in [1.54, 1.807) is 14.1 Å². The quantitative estimate of drug-likeness (QED) is 0.268. The van der Waals surface area contributed by atoms with E-state index in [1.165, 1.54) is 9.91 Å². The summed E-state index contributed by atoms with van der Waals surface area (Å²) in [6.45, 7) is 2.62. The smallest absolute Gasteiger partial charge is 0.243 e. The van der Waals surface area contributed by atoms with Crippen molar-refractivity contribution in [2.45, 2.75) is 38.6 Å². The Kier molecular flexibility index (Phi) is 7.00. The Morgan fingerprint density at radius 3 is 2.45 bits per heavy atom. The number of nitrogens with zero attached hydrogens (tertiary/aromatic N) is 9. The molecule has 5 aromatic rings. The highest BCUT2D eigenvalue weighted by molar-refractivity contribution is 6.07. The van der Waals surface area contributed by atoms with E-state index >= 15 is 0 Å². The Labute approximate surface area is 254 Å². The minimum Gasteiger partial charge on any atom is -0.347 e. The molecule has 0 radical (unpaired) electrons. The Morgan fingerprint density at radius 2 is 1.75 bits per heavy atom. The van der Waals surface area contributed by atoms with E-state index in [9.17, 15) is 9.59 Å². The van der Waals surface area contributed by atoms with Crippen molar-refractivity contribution in [3.05, 3.63) is 83.7 Å². The number of aromatic nitrogens is 6. The number of carbonyl (C=O) groups is 2. The second kappa shape index (κ2) is 11.1. The fraction of sp³-hybridized carbons (Fsp3) is 0.303. The normalized spacial score (nSPS) is 16.8. The van der Waals surface area contributed by atoms with Crippen molar-refractivity contribution in [2.75, 3.05) is 20.6 Å². The summed E-state index contributed by atoms with van der Waals surface area (Å²) in [5, 5.41) is 21.4. The van der Waals surface area contributed by atoms with Crippen molar-refractivity contribution in [3.63, 3.8) is 0 Å². The Bertz CT molecular complexity index is 1890. The van der Waals surface area contributed by atoms with Crippen molar-refractivity contribution >= 4 is 28.6 Å². The van der Waals surface area contributed by atoms with Gasteiger partial charge in [-0.25, -0.2) is 9.99 Å². The molecule has 1 unspecified atom stereocenters. The third kappa shape index (κ3) is 5.25. The van der Waals surface area contributed by atoms with E-state index in [-0.39, 0.29) is 24.3 Å². The van der Waals surface area contributed by atoms with Gasteiger partial charge in [-0.05, 0) is 47.2 Å². The minimum atomic E-state index is -0.165. The highest BCUT2D eigenvalue weighted by Gasteiger charge is 2.32. The maximum absolute atomic E-state index is 12.7. The van der Waals surface area contributed by atoms with Crippen molar-refractivity contribution in [3.8, 4) is 22.5 Å². The van der Waals surface area contributed by atoms with Crippen LogP contribution < -0.4 is 5.10 Å². The highest BCUT2D eigenvalue weighted by atomic mass is 16.2. The first-order valence-electron chi connectivity index (χ1n) is 14.8. The molecule has 11 heteroatoms. The van der Waals surface area contributed by atoms with Crippen molar-refractivity contribution in [2.24, 2.45) is 11.0 Å². The van der Waals surface area contributed by atoms with Crippen LogP contribution in [0.3, 0.4) is 0 Å². The summed E-state index contributed by atoms with van der Waals surface area (Å²) >= 11 is 0. The molecule has 2 aliphatic rings. The zero-order chi connectivity index (χ0) is 30.4. The molecule has 1 atom stereocenters. The van der Waals surface area contributed by atoms with Crippen molar-refractivity contribution in [1.29, 1.82) is 0 Å².